The molecule has 4 heteroatoms. The molecule has 0 aliphatic carbocycles. The molecular formula is C19H23FN2O. The molecule has 0 unspecified atom stereocenters. The fraction of sp³-hybridized carbons (Fsp3) is 0.316. The van der Waals surface area contributed by atoms with Crippen molar-refractivity contribution >= 4 is 11.6 Å². The second-order valence-corrected chi connectivity index (χ2v) is 5.96. The first-order valence-corrected chi connectivity index (χ1v) is 7.70. The van der Waals surface area contributed by atoms with Gasteiger partial charge in [0.2, 0.25) is 5.91 Å². The predicted molar refractivity (Wildman–Crippen MR) is 92.0 cm³/mol. The fourth-order valence-corrected chi connectivity index (χ4v) is 2.55. The van der Waals surface area contributed by atoms with Crippen LogP contribution in [-0.2, 0) is 4.79 Å². The van der Waals surface area contributed by atoms with Crippen molar-refractivity contribution in [2.24, 2.45) is 0 Å². The van der Waals surface area contributed by atoms with Gasteiger partial charge in [0, 0.05) is 11.7 Å². The van der Waals surface area contributed by atoms with Crippen LogP contribution in [0, 0.1) is 19.7 Å². The van der Waals surface area contributed by atoms with Gasteiger partial charge < -0.3 is 5.32 Å². The van der Waals surface area contributed by atoms with E-state index in [0.29, 0.717) is 0 Å². The molecule has 1 N–H and O–H groups in total. The highest BCUT2D eigenvalue weighted by atomic mass is 19.1. The lowest BCUT2D eigenvalue weighted by molar-refractivity contribution is -0.117. The Kier molecular flexibility index (Phi) is 5.50. The minimum atomic E-state index is -0.253. The number of nitrogens with one attached hydrogen (secondary N) is 1. The highest BCUT2D eigenvalue weighted by molar-refractivity contribution is 5.93. The number of hydrogen-bond acceptors (Lipinski definition) is 2. The zero-order valence-electron chi connectivity index (χ0n) is 14.1. The Morgan fingerprint density at radius 1 is 1.13 bits per heavy atom. The molecule has 0 aromatic heterocycles. The van der Waals surface area contributed by atoms with Gasteiger partial charge in [0.05, 0.1) is 6.54 Å². The van der Waals surface area contributed by atoms with Gasteiger partial charge in [0.1, 0.15) is 5.82 Å². The van der Waals surface area contributed by atoms with E-state index >= 15 is 0 Å². The maximum absolute atomic E-state index is 13.0. The van der Waals surface area contributed by atoms with E-state index < -0.39 is 0 Å². The lowest BCUT2D eigenvalue weighted by Gasteiger charge is -2.25. The minimum absolute atomic E-state index is 0.0271. The van der Waals surface area contributed by atoms with Crippen molar-refractivity contribution in [1.82, 2.24) is 4.90 Å². The molecule has 0 saturated heterocycles. The van der Waals surface area contributed by atoms with Crippen LogP contribution in [0.4, 0.5) is 10.1 Å². The van der Waals surface area contributed by atoms with Gasteiger partial charge >= 0.3 is 0 Å². The van der Waals surface area contributed by atoms with Crippen molar-refractivity contribution in [3.63, 3.8) is 0 Å². The second-order valence-electron chi connectivity index (χ2n) is 5.96. The number of nitrogens with zero attached hydrogens (tertiary/aromatic N) is 1. The molecule has 0 spiro atoms. The lowest BCUT2D eigenvalue weighted by atomic mass is 10.1. The zero-order chi connectivity index (χ0) is 17.0. The number of halogens is 1. The summed E-state index contributed by atoms with van der Waals surface area (Å²) in [5.41, 5.74) is 3.95. The number of rotatable bonds is 5. The molecule has 23 heavy (non-hydrogen) atoms. The van der Waals surface area contributed by atoms with Gasteiger partial charge in [-0.25, -0.2) is 4.39 Å². The number of anilines is 1. The quantitative estimate of drug-likeness (QED) is 0.902. The van der Waals surface area contributed by atoms with Crippen LogP contribution in [0.25, 0.3) is 0 Å². The molecule has 2 aromatic rings. The number of carbonyl (C=O) groups excluding carboxylic acids is 1. The summed E-state index contributed by atoms with van der Waals surface area (Å²) in [6.07, 6.45) is 0. The molecule has 0 radical (unpaired) electrons. The Labute approximate surface area is 137 Å². The number of aryl methyl sites for hydroxylation is 2. The SMILES string of the molecule is Cc1cccc(C)c1NC(=O)CN(C)[C@H](C)c1ccc(F)cc1. The van der Waals surface area contributed by atoms with Crippen LogP contribution in [0.3, 0.4) is 0 Å². The van der Waals surface area contributed by atoms with Gasteiger partial charge in [-0.15, -0.1) is 0 Å². The maximum Gasteiger partial charge on any atom is 0.238 e. The summed E-state index contributed by atoms with van der Waals surface area (Å²) in [7, 11) is 1.89. The first-order chi connectivity index (χ1) is 10.9. The Morgan fingerprint density at radius 3 is 2.26 bits per heavy atom. The molecule has 0 fully saturated rings. The highest BCUT2D eigenvalue weighted by Gasteiger charge is 2.16. The maximum atomic E-state index is 13.0. The van der Waals surface area contributed by atoms with Crippen molar-refractivity contribution in [2.45, 2.75) is 26.8 Å². The highest BCUT2D eigenvalue weighted by Crippen LogP contribution is 2.21. The average Bonchev–Trinajstić information content (AvgIpc) is 2.51. The molecular weight excluding hydrogens is 291 g/mol. The van der Waals surface area contributed by atoms with Crippen LogP contribution in [0.2, 0.25) is 0 Å². The fourth-order valence-electron chi connectivity index (χ4n) is 2.55. The number of benzene rings is 2. The van der Waals surface area contributed by atoms with Gasteiger partial charge in [-0.05, 0) is 56.6 Å². The van der Waals surface area contributed by atoms with Crippen LogP contribution in [0.15, 0.2) is 42.5 Å². The van der Waals surface area contributed by atoms with E-state index in [1.54, 1.807) is 12.1 Å². The lowest BCUT2D eigenvalue weighted by Crippen LogP contribution is -2.32. The molecule has 1 amide bonds. The van der Waals surface area contributed by atoms with Crippen molar-refractivity contribution in [1.29, 1.82) is 0 Å². The van der Waals surface area contributed by atoms with E-state index in [2.05, 4.69) is 5.32 Å². The average molecular weight is 314 g/mol. The first-order valence-electron chi connectivity index (χ1n) is 7.70. The molecule has 0 aliphatic heterocycles. The molecule has 0 saturated carbocycles. The Morgan fingerprint density at radius 2 is 1.70 bits per heavy atom. The number of para-hydroxylation sites is 1. The van der Waals surface area contributed by atoms with Crippen LogP contribution < -0.4 is 5.32 Å². The largest absolute Gasteiger partial charge is 0.324 e. The normalized spacial score (nSPS) is 12.3. The van der Waals surface area contributed by atoms with E-state index in [1.165, 1.54) is 12.1 Å². The van der Waals surface area contributed by atoms with E-state index in [-0.39, 0.29) is 24.3 Å². The standard InChI is InChI=1S/C19H23FN2O/c1-13-6-5-7-14(2)19(13)21-18(23)12-22(4)15(3)16-8-10-17(20)11-9-16/h5-11,15H,12H2,1-4H3,(H,21,23)/t15-/m1/s1. The van der Waals surface area contributed by atoms with Crippen molar-refractivity contribution in [3.05, 3.63) is 65.0 Å². The Bertz CT molecular complexity index is 662. The van der Waals surface area contributed by atoms with Crippen molar-refractivity contribution in [3.8, 4) is 0 Å². The van der Waals surface area contributed by atoms with Crippen LogP contribution >= 0.6 is 0 Å². The molecule has 122 valence electrons. The molecule has 1 atom stereocenters. The molecule has 0 aliphatic rings. The molecule has 0 bridgehead atoms. The number of hydrogen-bond donors (Lipinski definition) is 1. The molecule has 3 nitrogen and oxygen atoms in total. The second kappa shape index (κ2) is 7.38. The van der Waals surface area contributed by atoms with Gasteiger partial charge in [-0.2, -0.15) is 0 Å². The van der Waals surface area contributed by atoms with Crippen molar-refractivity contribution < 1.29 is 9.18 Å². The van der Waals surface area contributed by atoms with E-state index in [0.717, 1.165) is 22.4 Å². The summed E-state index contributed by atoms with van der Waals surface area (Å²) in [5.74, 6) is -0.310. The smallest absolute Gasteiger partial charge is 0.238 e. The molecule has 0 heterocycles. The van der Waals surface area contributed by atoms with Gasteiger partial charge in [0.25, 0.3) is 0 Å². The predicted octanol–water partition coefficient (Wildman–Crippen LogP) is 4.07. The van der Waals surface area contributed by atoms with Gasteiger partial charge in [-0.1, -0.05) is 30.3 Å². The first kappa shape index (κ1) is 17.2. The summed E-state index contributed by atoms with van der Waals surface area (Å²) < 4.78 is 13.0. The van der Waals surface area contributed by atoms with Crippen LogP contribution in [-0.4, -0.2) is 24.4 Å². The Balaban J connectivity index is 2.00. The number of carbonyl (C=O) groups is 1. The number of amides is 1. The summed E-state index contributed by atoms with van der Waals surface area (Å²) in [6, 6.07) is 12.3. The summed E-state index contributed by atoms with van der Waals surface area (Å²) in [4.78, 5) is 14.2. The minimum Gasteiger partial charge on any atom is -0.324 e. The van der Waals surface area contributed by atoms with Crippen LogP contribution in [0.1, 0.15) is 29.7 Å². The molecule has 2 aromatic carbocycles. The zero-order valence-corrected chi connectivity index (χ0v) is 14.1. The van der Waals surface area contributed by atoms with E-state index in [9.17, 15) is 9.18 Å². The third kappa shape index (κ3) is 4.39. The number of likely N-dealkylation sites (N-methyl/N-ethyl adjacent to an activating group) is 1. The van der Waals surface area contributed by atoms with E-state index in [4.69, 9.17) is 0 Å². The summed E-state index contributed by atoms with van der Waals surface area (Å²) in [6.45, 7) is 6.23. The topological polar surface area (TPSA) is 32.3 Å². The van der Waals surface area contributed by atoms with E-state index in [1.807, 2.05) is 50.9 Å². The van der Waals surface area contributed by atoms with Crippen molar-refractivity contribution in [2.75, 3.05) is 18.9 Å². The monoisotopic (exact) mass is 314 g/mol. The molecule has 2 rings (SSSR count). The van der Waals surface area contributed by atoms with Gasteiger partial charge in [0.15, 0.2) is 0 Å². The third-order valence-corrected chi connectivity index (χ3v) is 4.15. The third-order valence-electron chi connectivity index (χ3n) is 4.15. The Hall–Kier alpha value is -2.20. The van der Waals surface area contributed by atoms with Crippen LogP contribution in [0.5, 0.6) is 0 Å². The van der Waals surface area contributed by atoms with Gasteiger partial charge in [-0.3, -0.25) is 9.69 Å². The summed E-state index contributed by atoms with van der Waals surface area (Å²) in [5, 5.41) is 2.98. The summed E-state index contributed by atoms with van der Waals surface area (Å²) >= 11 is 0.